The molecule has 1 aliphatic rings. The van der Waals surface area contributed by atoms with Gasteiger partial charge in [0.1, 0.15) is 28.6 Å². The van der Waals surface area contributed by atoms with Crippen molar-refractivity contribution in [2.75, 3.05) is 5.32 Å². The third-order valence-corrected chi connectivity index (χ3v) is 6.80. The lowest BCUT2D eigenvalue weighted by Crippen LogP contribution is -2.41. The highest BCUT2D eigenvalue weighted by molar-refractivity contribution is 5.89. The third-order valence-electron chi connectivity index (χ3n) is 6.80. The van der Waals surface area contributed by atoms with Crippen molar-refractivity contribution in [3.05, 3.63) is 63.1 Å². The van der Waals surface area contributed by atoms with Crippen LogP contribution in [0.2, 0.25) is 0 Å². The van der Waals surface area contributed by atoms with Gasteiger partial charge in [-0.25, -0.2) is 14.4 Å². The molecule has 0 spiro atoms. The molecule has 0 saturated heterocycles. The number of anilines is 1. The number of alkyl halides is 2. The molecule has 0 radical (unpaired) electrons. The summed E-state index contributed by atoms with van der Waals surface area (Å²) < 4.78 is 46.4. The van der Waals surface area contributed by atoms with Crippen LogP contribution < -0.4 is 10.9 Å². The maximum absolute atomic E-state index is 15.3. The van der Waals surface area contributed by atoms with E-state index in [0.29, 0.717) is 36.3 Å². The third kappa shape index (κ3) is 4.01. The van der Waals surface area contributed by atoms with Gasteiger partial charge in [0.05, 0.1) is 28.5 Å². The molecule has 36 heavy (non-hydrogen) atoms. The number of hydrogen-bond acceptors (Lipinski definition) is 6. The van der Waals surface area contributed by atoms with Crippen molar-refractivity contribution in [2.24, 2.45) is 0 Å². The fraction of sp³-hybridized carbons (Fsp3) is 0.462. The molecule has 2 aromatic heterocycles. The predicted molar refractivity (Wildman–Crippen MR) is 129 cm³/mol. The Morgan fingerprint density at radius 1 is 1.31 bits per heavy atom. The quantitative estimate of drug-likeness (QED) is 0.482. The van der Waals surface area contributed by atoms with Gasteiger partial charge in [0, 0.05) is 17.8 Å². The molecule has 2 heterocycles. The van der Waals surface area contributed by atoms with Gasteiger partial charge >= 0.3 is 5.92 Å². The molecular weight excluding hydrogens is 471 g/mol. The minimum atomic E-state index is -3.83. The van der Waals surface area contributed by atoms with Crippen LogP contribution in [0.4, 0.5) is 19.0 Å². The minimum Gasteiger partial charge on any atom is -0.384 e. The first-order valence-electron chi connectivity index (χ1n) is 11.8. The number of nitriles is 1. The Morgan fingerprint density at radius 3 is 2.53 bits per heavy atom. The number of rotatable bonds is 7. The summed E-state index contributed by atoms with van der Waals surface area (Å²) in [6.45, 7) is 7.22. The van der Waals surface area contributed by atoms with E-state index in [-0.39, 0.29) is 22.5 Å². The summed E-state index contributed by atoms with van der Waals surface area (Å²) in [7, 11) is 0. The number of nitrogens with zero attached hydrogens (tertiary/aromatic N) is 4. The van der Waals surface area contributed by atoms with Crippen LogP contribution in [-0.2, 0) is 17.9 Å². The Bertz CT molecular complexity index is 1450. The van der Waals surface area contributed by atoms with E-state index in [2.05, 4.69) is 21.4 Å². The Hall–Kier alpha value is -3.45. The zero-order chi connectivity index (χ0) is 26.6. The van der Waals surface area contributed by atoms with E-state index < -0.39 is 34.4 Å². The van der Waals surface area contributed by atoms with Crippen LogP contribution in [0.25, 0.3) is 10.9 Å². The van der Waals surface area contributed by atoms with Crippen LogP contribution in [0.5, 0.6) is 0 Å². The lowest BCUT2D eigenvalue weighted by Gasteiger charge is -2.30. The Labute approximate surface area is 206 Å². The number of hydrogen-bond donors (Lipinski definition) is 2. The van der Waals surface area contributed by atoms with Gasteiger partial charge in [0.15, 0.2) is 0 Å². The van der Waals surface area contributed by atoms with Crippen LogP contribution in [0.15, 0.2) is 29.1 Å². The molecule has 0 bridgehead atoms. The lowest BCUT2D eigenvalue weighted by molar-refractivity contribution is -0.170. The van der Waals surface area contributed by atoms with Gasteiger partial charge in [-0.3, -0.25) is 4.79 Å². The van der Waals surface area contributed by atoms with Gasteiger partial charge in [-0.2, -0.15) is 14.0 Å². The number of pyridine rings is 1. The topological polar surface area (TPSA) is 104 Å². The van der Waals surface area contributed by atoms with Crippen LogP contribution in [0.3, 0.4) is 0 Å². The maximum atomic E-state index is 15.3. The van der Waals surface area contributed by atoms with Crippen molar-refractivity contribution in [1.29, 1.82) is 5.26 Å². The van der Waals surface area contributed by atoms with Crippen LogP contribution in [0.1, 0.15) is 69.2 Å². The number of aryl methyl sites for hydroxylation is 1. The summed E-state index contributed by atoms with van der Waals surface area (Å²) in [6, 6.07) is 6.83. The van der Waals surface area contributed by atoms with Gasteiger partial charge in [0.2, 0.25) is 0 Å². The molecular formula is C26H28F3N5O2. The number of aliphatic hydroxyl groups is 1. The van der Waals surface area contributed by atoms with Gasteiger partial charge in [-0.05, 0) is 59.6 Å². The first-order chi connectivity index (χ1) is 16.8. The monoisotopic (exact) mass is 499 g/mol. The highest BCUT2D eigenvalue weighted by Crippen LogP contribution is 2.48. The number of halogens is 3. The van der Waals surface area contributed by atoms with E-state index in [1.807, 2.05) is 6.92 Å². The predicted octanol–water partition coefficient (Wildman–Crippen LogP) is 4.85. The first kappa shape index (κ1) is 25.6. The largest absolute Gasteiger partial charge is 0.384 e. The second kappa shape index (κ2) is 8.59. The average molecular weight is 500 g/mol. The van der Waals surface area contributed by atoms with Crippen molar-refractivity contribution in [1.82, 2.24) is 14.5 Å². The molecule has 190 valence electrons. The molecule has 0 aliphatic heterocycles. The van der Waals surface area contributed by atoms with Crippen LogP contribution in [-0.4, -0.2) is 25.2 Å². The number of benzene rings is 1. The second-order valence-electron chi connectivity index (χ2n) is 9.86. The highest BCUT2D eigenvalue weighted by Gasteiger charge is 2.49. The Balaban J connectivity index is 1.84. The van der Waals surface area contributed by atoms with Gasteiger partial charge in [-0.15, -0.1) is 0 Å². The zero-order valence-corrected chi connectivity index (χ0v) is 20.8. The maximum Gasteiger partial charge on any atom is 0.303 e. The molecule has 1 saturated carbocycles. The van der Waals surface area contributed by atoms with Crippen molar-refractivity contribution in [3.8, 4) is 6.07 Å². The molecule has 0 unspecified atom stereocenters. The molecule has 1 aliphatic carbocycles. The second-order valence-corrected chi connectivity index (χ2v) is 9.86. The minimum absolute atomic E-state index is 0.0568. The fourth-order valence-corrected chi connectivity index (χ4v) is 4.44. The molecule has 1 fully saturated rings. The van der Waals surface area contributed by atoms with Gasteiger partial charge in [-0.1, -0.05) is 12.1 Å². The standard InChI is InChI=1S/C26H28F3N5O2/c1-6-34-19(25(13-30)10-11-25)12-17-21(23(34)35)32-15(3)33-22(17)31-14(2)16-8-7-9-18(20(16)27)26(28,29)24(4,5)36/h7-9,12,14,36H,6,10-11H2,1-5H3,(H,31,32,33)/t14-/m1/s1. The molecule has 3 aromatic rings. The van der Waals surface area contributed by atoms with Crippen molar-refractivity contribution in [3.63, 3.8) is 0 Å². The van der Waals surface area contributed by atoms with Gasteiger partial charge in [0.25, 0.3) is 5.56 Å². The summed E-state index contributed by atoms with van der Waals surface area (Å²) >= 11 is 0. The van der Waals surface area contributed by atoms with Crippen molar-refractivity contribution >= 4 is 16.7 Å². The van der Waals surface area contributed by atoms with Crippen molar-refractivity contribution < 1.29 is 18.3 Å². The molecule has 1 aromatic carbocycles. The zero-order valence-electron chi connectivity index (χ0n) is 20.8. The first-order valence-corrected chi connectivity index (χ1v) is 11.8. The normalized spacial score (nSPS) is 16.0. The average Bonchev–Trinajstić information content (AvgIpc) is 3.60. The summed E-state index contributed by atoms with van der Waals surface area (Å²) in [6.07, 6.45) is 1.27. The molecule has 7 nitrogen and oxygen atoms in total. The number of fused-ring (bicyclic) bond motifs is 1. The summed E-state index contributed by atoms with van der Waals surface area (Å²) in [4.78, 5) is 22.0. The lowest BCUT2D eigenvalue weighted by atomic mass is 9.91. The van der Waals surface area contributed by atoms with E-state index in [1.165, 1.54) is 12.1 Å². The number of aromatic nitrogens is 3. The molecule has 4 rings (SSSR count). The van der Waals surface area contributed by atoms with Crippen LogP contribution >= 0.6 is 0 Å². The molecule has 1 atom stereocenters. The van der Waals surface area contributed by atoms with E-state index in [1.54, 1.807) is 24.5 Å². The molecule has 0 amide bonds. The Morgan fingerprint density at radius 2 is 1.97 bits per heavy atom. The van der Waals surface area contributed by atoms with E-state index in [4.69, 9.17) is 0 Å². The smallest absolute Gasteiger partial charge is 0.303 e. The van der Waals surface area contributed by atoms with E-state index >= 15 is 4.39 Å². The van der Waals surface area contributed by atoms with Crippen molar-refractivity contribution in [2.45, 2.75) is 77.0 Å². The number of nitrogens with one attached hydrogen (secondary N) is 1. The summed E-state index contributed by atoms with van der Waals surface area (Å²) in [5.41, 5.74) is -3.82. The molecule has 10 heteroatoms. The summed E-state index contributed by atoms with van der Waals surface area (Å²) in [5, 5.41) is 23.1. The van der Waals surface area contributed by atoms with E-state index in [0.717, 1.165) is 19.9 Å². The van der Waals surface area contributed by atoms with E-state index in [9.17, 15) is 23.9 Å². The van der Waals surface area contributed by atoms with Gasteiger partial charge < -0.3 is 15.0 Å². The SMILES string of the molecule is CCn1c(C2(C#N)CC2)cc2c(N[C@H](C)c3cccc(C(F)(F)C(C)(C)O)c3F)nc(C)nc2c1=O. The highest BCUT2D eigenvalue weighted by atomic mass is 19.3. The Kier molecular flexibility index (Phi) is 6.12. The molecule has 2 N–H and O–H groups in total. The fourth-order valence-electron chi connectivity index (χ4n) is 4.44. The van der Waals surface area contributed by atoms with Crippen LogP contribution in [0, 0.1) is 24.1 Å². The summed E-state index contributed by atoms with van der Waals surface area (Å²) in [5.74, 6) is -4.44.